The van der Waals surface area contributed by atoms with E-state index in [0.717, 1.165) is 0 Å². The Labute approximate surface area is 175 Å². The van der Waals surface area contributed by atoms with Gasteiger partial charge in [-0.25, -0.2) is 0 Å². The van der Waals surface area contributed by atoms with Gasteiger partial charge in [-0.1, -0.05) is 0 Å². The fourth-order valence-electron chi connectivity index (χ4n) is 0. The van der Waals surface area contributed by atoms with Crippen molar-refractivity contribution in [2.75, 3.05) is 0 Å². The Morgan fingerprint density at radius 3 is 1.30 bits per heavy atom. The van der Waals surface area contributed by atoms with E-state index in [4.69, 9.17) is 14.1 Å². The van der Waals surface area contributed by atoms with Gasteiger partial charge in [0, 0.05) is 34.1 Å². The molecular formula is H8AlFeKLiMnNaO3Si. The Bertz CT molecular complexity index is 61.6. The summed E-state index contributed by atoms with van der Waals surface area (Å²) in [6, 6.07) is 0. The van der Waals surface area contributed by atoms with Crippen LogP contribution >= 0.6 is 0 Å². The molecule has 0 saturated heterocycles. The van der Waals surface area contributed by atoms with E-state index in [2.05, 4.69) is 0 Å². The average molecular weight is 291 g/mol. The zero-order valence-electron chi connectivity index (χ0n) is 8.53. The van der Waals surface area contributed by atoms with Crippen molar-refractivity contribution in [3.63, 3.8) is 0 Å². The second kappa shape index (κ2) is 37.6. The van der Waals surface area contributed by atoms with Gasteiger partial charge in [-0.3, -0.25) is 4.46 Å². The maximum atomic E-state index is 8.74. The molecule has 0 unspecified atom stereocenters. The van der Waals surface area contributed by atoms with E-state index >= 15 is 0 Å². The first-order valence-electron chi connectivity index (χ1n) is 0.651. The van der Waals surface area contributed by atoms with Gasteiger partial charge in [0.05, 0.1) is 0 Å². The maximum absolute atomic E-state index is 8.74. The SMILES string of the molecule is O=[Si](O)O.[AlH3].[Fe].[H-].[H-].[H-].[K+].[Li+].[Mn].[Na+]. The smallest absolute Gasteiger partial charge is 1.00 e. The van der Waals surface area contributed by atoms with Crippen LogP contribution in [0.1, 0.15) is 4.28 Å². The third-order valence-electron chi connectivity index (χ3n) is 0. The molecule has 0 aromatic heterocycles. The van der Waals surface area contributed by atoms with Gasteiger partial charge in [-0.05, 0) is 0 Å². The van der Waals surface area contributed by atoms with Crippen LogP contribution in [0.4, 0.5) is 0 Å². The minimum absolute atomic E-state index is 0. The molecule has 0 atom stereocenters. The van der Waals surface area contributed by atoms with Gasteiger partial charge in [-0.2, -0.15) is 0 Å². The van der Waals surface area contributed by atoms with Crippen LogP contribution in [0.3, 0.4) is 0 Å². The van der Waals surface area contributed by atoms with Gasteiger partial charge in [0.25, 0.3) is 0 Å². The van der Waals surface area contributed by atoms with Crippen LogP contribution in [0.5, 0.6) is 0 Å². The van der Waals surface area contributed by atoms with Crippen molar-refractivity contribution in [3.05, 3.63) is 0 Å². The molecule has 10 heavy (non-hydrogen) atoms. The average Bonchev–Trinajstić information content (AvgIpc) is 0.811. The largest absolute Gasteiger partial charge is 1.00 e. The van der Waals surface area contributed by atoms with E-state index in [1.54, 1.807) is 0 Å². The maximum Gasteiger partial charge on any atom is 1.00 e. The van der Waals surface area contributed by atoms with Gasteiger partial charge < -0.3 is 13.9 Å². The van der Waals surface area contributed by atoms with Crippen LogP contribution in [0.15, 0.2) is 0 Å². The number of rotatable bonds is 0. The van der Waals surface area contributed by atoms with Crippen LogP contribution < -0.4 is 99.8 Å². The van der Waals surface area contributed by atoms with E-state index in [-0.39, 0.29) is 156 Å². The third-order valence-corrected chi connectivity index (χ3v) is 0. The minimum atomic E-state index is -3.13. The molecule has 0 spiro atoms. The van der Waals surface area contributed by atoms with Crippen molar-refractivity contribution in [2.45, 2.75) is 0 Å². The Balaban J connectivity index is -0.00000000125. The van der Waals surface area contributed by atoms with E-state index in [0.29, 0.717) is 0 Å². The summed E-state index contributed by atoms with van der Waals surface area (Å²) in [6.07, 6.45) is 0. The molecule has 0 aliphatic carbocycles. The number of hydrogen-bond acceptors (Lipinski definition) is 1. The first-order chi connectivity index (χ1) is 1.73. The van der Waals surface area contributed by atoms with E-state index in [1.807, 2.05) is 0 Å². The Kier molecular flexibility index (Phi) is 177. The monoisotopic (exact) mass is 291 g/mol. The van der Waals surface area contributed by atoms with Crippen LogP contribution in [0.25, 0.3) is 0 Å². The molecule has 0 fully saturated rings. The van der Waals surface area contributed by atoms with Gasteiger partial charge in [0.1, 0.15) is 0 Å². The van der Waals surface area contributed by atoms with Gasteiger partial charge in [-0.15, -0.1) is 0 Å². The Hall–Kier alpha value is 4.42. The Morgan fingerprint density at radius 1 is 1.30 bits per heavy atom. The Morgan fingerprint density at radius 2 is 1.30 bits per heavy atom. The van der Waals surface area contributed by atoms with Crippen LogP contribution in [-0.2, 0) is 38.6 Å². The van der Waals surface area contributed by atoms with Crippen LogP contribution in [0, 0.1) is 0 Å². The molecule has 0 saturated carbocycles. The molecule has 0 heterocycles. The molecule has 2 N–H and O–H groups in total. The molecule has 0 aromatic rings. The summed E-state index contributed by atoms with van der Waals surface area (Å²) >= 11 is 0. The molecule has 0 aliphatic rings. The normalized spacial score (nSPS) is 2.40. The molecule has 0 bridgehead atoms. The van der Waals surface area contributed by atoms with E-state index in [1.165, 1.54) is 0 Å². The molecule has 0 aromatic carbocycles. The van der Waals surface area contributed by atoms with Crippen molar-refractivity contribution in [2.24, 2.45) is 0 Å². The fourth-order valence-corrected chi connectivity index (χ4v) is 0. The summed E-state index contributed by atoms with van der Waals surface area (Å²) in [5.41, 5.74) is 0. The standard InChI is InChI=1S/Al.Fe.K.Li.Mn.Na.H2O3Si.6H/c;;;;;;1-4(2)3;;;;;;/h;;;;;;1-2H;;;;;;/q;;2*+1;;+1;;;;;3*-1. The van der Waals surface area contributed by atoms with E-state index < -0.39 is 9.17 Å². The second-order valence-electron chi connectivity index (χ2n) is 0.283. The van der Waals surface area contributed by atoms with Crippen molar-refractivity contribution in [3.8, 4) is 0 Å². The molecule has 3 nitrogen and oxygen atoms in total. The van der Waals surface area contributed by atoms with Crippen molar-refractivity contribution in [1.29, 1.82) is 0 Å². The minimum Gasteiger partial charge on any atom is -1.00 e. The third kappa shape index (κ3) is 82.9. The summed E-state index contributed by atoms with van der Waals surface area (Å²) in [4.78, 5) is 14.3. The van der Waals surface area contributed by atoms with Gasteiger partial charge in [0.15, 0.2) is 17.4 Å². The van der Waals surface area contributed by atoms with Gasteiger partial charge >= 0.3 is 109 Å². The second-order valence-corrected chi connectivity index (χ2v) is 0.848. The summed E-state index contributed by atoms with van der Waals surface area (Å²) < 4.78 is 8.74. The molecule has 0 amide bonds. The van der Waals surface area contributed by atoms with Crippen molar-refractivity contribution < 1.29 is 152 Å². The van der Waals surface area contributed by atoms with Crippen LogP contribution in [-0.4, -0.2) is 36.1 Å². The summed E-state index contributed by atoms with van der Waals surface area (Å²) in [7, 11) is -3.13. The molecule has 1 radical (unpaired) electrons. The number of hydrogen-bond donors (Lipinski definition) is 2. The summed E-state index contributed by atoms with van der Waals surface area (Å²) in [5.74, 6) is 0. The quantitative estimate of drug-likeness (QED) is 0.436. The topological polar surface area (TPSA) is 57.5 Å². The first kappa shape index (κ1) is 47.2. The van der Waals surface area contributed by atoms with Crippen molar-refractivity contribution >= 4 is 26.5 Å². The summed E-state index contributed by atoms with van der Waals surface area (Å²) in [5, 5.41) is 0. The predicted octanol–water partition coefficient (Wildman–Crippen LogP) is -11.5. The summed E-state index contributed by atoms with van der Waals surface area (Å²) in [6.45, 7) is 0. The molecule has 0 aliphatic heterocycles. The molecular weight excluding hydrogens is 283 g/mol. The van der Waals surface area contributed by atoms with Crippen molar-refractivity contribution in [1.82, 2.24) is 0 Å². The fraction of sp³-hybridized carbons (Fsp3) is 0. The molecule has 51 valence electrons. The van der Waals surface area contributed by atoms with Gasteiger partial charge in [0.2, 0.25) is 0 Å². The van der Waals surface area contributed by atoms with E-state index in [9.17, 15) is 0 Å². The molecule has 0 rings (SSSR count). The van der Waals surface area contributed by atoms with Crippen LogP contribution in [0.2, 0.25) is 0 Å². The first-order valence-corrected chi connectivity index (χ1v) is 1.95. The zero-order valence-corrected chi connectivity index (χ0v) is 13.9. The zero-order chi connectivity index (χ0) is 3.58. The molecule has 10 heteroatoms. The predicted molar refractivity (Wildman–Crippen MR) is 24.2 cm³/mol.